The van der Waals surface area contributed by atoms with Gasteiger partial charge in [0.1, 0.15) is 4.90 Å². The van der Waals surface area contributed by atoms with Crippen molar-refractivity contribution in [3.63, 3.8) is 0 Å². The van der Waals surface area contributed by atoms with Gasteiger partial charge in [0, 0.05) is 39.4 Å². The fraction of sp³-hybridized carbons (Fsp3) is 0.750. The molecule has 1 rings (SSSR count). The second-order valence-electron chi connectivity index (χ2n) is 5.21. The summed E-state index contributed by atoms with van der Waals surface area (Å²) in [5.74, 6) is -0.0486. The minimum absolute atomic E-state index is 0.0486. The Balaban J connectivity index is 2.77. The van der Waals surface area contributed by atoms with Crippen LogP contribution < -0.4 is 10.5 Å². The third-order valence-corrected chi connectivity index (χ3v) is 4.40. The Morgan fingerprint density at radius 1 is 1.57 bits per heavy atom. The lowest BCUT2D eigenvalue weighted by Gasteiger charge is -2.23. The van der Waals surface area contributed by atoms with E-state index in [0.29, 0.717) is 19.6 Å². The normalized spacial score (nSPS) is 15.0. The number of nitrogens with two attached hydrogens (primary N) is 1. The first-order valence-corrected chi connectivity index (χ1v) is 8.24. The number of methoxy groups -OCH3 is 1. The molecule has 0 bridgehead atoms. The molecule has 1 unspecified atom stereocenters. The second-order valence-corrected chi connectivity index (χ2v) is 6.94. The molecule has 122 valence electrons. The molecule has 8 nitrogen and oxygen atoms in total. The zero-order chi connectivity index (χ0) is 16.1. The topological polar surface area (TPSA) is 119 Å². The van der Waals surface area contributed by atoms with Gasteiger partial charge in [-0.2, -0.15) is 5.10 Å². The molecule has 0 aromatic carbocycles. The zero-order valence-electron chi connectivity index (χ0n) is 12.7. The molecule has 0 amide bonds. The van der Waals surface area contributed by atoms with Gasteiger partial charge in [0.05, 0.1) is 5.60 Å². The standard InChI is InChI=1S/C12H24N4O4S/c1-4-6-16-8-10(11(13)15-16)21(18,19)14-9-12(2,17)5-7-20-3/h8,14,17H,4-7,9H2,1-3H3,(H2,13,15). The van der Waals surface area contributed by atoms with Crippen molar-refractivity contribution in [2.45, 2.75) is 43.7 Å². The molecule has 0 saturated heterocycles. The van der Waals surface area contributed by atoms with Gasteiger partial charge in [-0.1, -0.05) is 6.92 Å². The van der Waals surface area contributed by atoms with Gasteiger partial charge in [-0.15, -0.1) is 0 Å². The molecule has 1 heterocycles. The highest BCUT2D eigenvalue weighted by atomic mass is 32.2. The van der Waals surface area contributed by atoms with Crippen LogP contribution in [0.5, 0.6) is 0 Å². The Morgan fingerprint density at radius 3 is 2.81 bits per heavy atom. The fourth-order valence-electron chi connectivity index (χ4n) is 1.71. The van der Waals surface area contributed by atoms with Crippen LogP contribution in [0.3, 0.4) is 0 Å². The maximum absolute atomic E-state index is 12.2. The van der Waals surface area contributed by atoms with Crippen molar-refractivity contribution in [3.05, 3.63) is 6.20 Å². The third-order valence-electron chi connectivity index (χ3n) is 2.98. The Bertz CT molecular complexity index is 554. The number of ether oxygens (including phenoxy) is 1. The van der Waals surface area contributed by atoms with Crippen LogP contribution in [0.4, 0.5) is 5.82 Å². The summed E-state index contributed by atoms with van der Waals surface area (Å²) in [4.78, 5) is -0.0708. The van der Waals surface area contributed by atoms with Gasteiger partial charge in [-0.25, -0.2) is 13.1 Å². The van der Waals surface area contributed by atoms with Gasteiger partial charge >= 0.3 is 0 Å². The lowest BCUT2D eigenvalue weighted by Crippen LogP contribution is -2.41. The number of aryl methyl sites for hydroxylation is 1. The van der Waals surface area contributed by atoms with Crippen LogP contribution in [0.25, 0.3) is 0 Å². The van der Waals surface area contributed by atoms with Crippen molar-refractivity contribution in [1.29, 1.82) is 0 Å². The number of nitrogens with zero attached hydrogens (tertiary/aromatic N) is 2. The number of aromatic nitrogens is 2. The first kappa shape index (κ1) is 17.9. The molecule has 1 aromatic rings. The Kier molecular flexibility index (Phi) is 6.14. The van der Waals surface area contributed by atoms with Crippen LogP contribution in [0, 0.1) is 0 Å². The molecule has 4 N–H and O–H groups in total. The highest BCUT2D eigenvalue weighted by Gasteiger charge is 2.26. The first-order chi connectivity index (χ1) is 9.72. The van der Waals surface area contributed by atoms with Crippen molar-refractivity contribution >= 4 is 15.8 Å². The predicted octanol–water partition coefficient (Wildman–Crippen LogP) is -0.0589. The van der Waals surface area contributed by atoms with Crippen molar-refractivity contribution in [2.24, 2.45) is 0 Å². The number of hydrogen-bond donors (Lipinski definition) is 3. The van der Waals surface area contributed by atoms with Crippen molar-refractivity contribution in [1.82, 2.24) is 14.5 Å². The van der Waals surface area contributed by atoms with Crippen molar-refractivity contribution < 1.29 is 18.3 Å². The summed E-state index contributed by atoms with van der Waals surface area (Å²) < 4.78 is 33.1. The summed E-state index contributed by atoms with van der Waals surface area (Å²) in [7, 11) is -2.29. The molecule has 0 aliphatic carbocycles. The average Bonchev–Trinajstić information content (AvgIpc) is 2.77. The molecule has 0 saturated carbocycles. The molecule has 0 aliphatic rings. The van der Waals surface area contributed by atoms with E-state index in [4.69, 9.17) is 10.5 Å². The number of anilines is 1. The highest BCUT2D eigenvalue weighted by molar-refractivity contribution is 7.89. The van der Waals surface area contributed by atoms with E-state index in [-0.39, 0.29) is 17.3 Å². The van der Waals surface area contributed by atoms with Gasteiger partial charge < -0.3 is 15.6 Å². The number of aliphatic hydroxyl groups is 1. The average molecular weight is 320 g/mol. The Morgan fingerprint density at radius 2 is 2.24 bits per heavy atom. The van der Waals surface area contributed by atoms with E-state index >= 15 is 0 Å². The molecule has 0 radical (unpaired) electrons. The zero-order valence-corrected chi connectivity index (χ0v) is 13.5. The van der Waals surface area contributed by atoms with Crippen molar-refractivity contribution in [2.75, 3.05) is 26.0 Å². The number of rotatable bonds is 9. The van der Waals surface area contributed by atoms with E-state index in [1.807, 2.05) is 6.92 Å². The van der Waals surface area contributed by atoms with E-state index in [2.05, 4.69) is 9.82 Å². The molecule has 21 heavy (non-hydrogen) atoms. The maximum Gasteiger partial charge on any atom is 0.245 e. The van der Waals surface area contributed by atoms with Gasteiger partial charge in [0.2, 0.25) is 10.0 Å². The first-order valence-electron chi connectivity index (χ1n) is 6.76. The third kappa shape index (κ3) is 5.27. The van der Waals surface area contributed by atoms with E-state index < -0.39 is 15.6 Å². The minimum Gasteiger partial charge on any atom is -0.389 e. The van der Waals surface area contributed by atoms with Crippen molar-refractivity contribution in [3.8, 4) is 0 Å². The molecular weight excluding hydrogens is 296 g/mol. The van der Waals surface area contributed by atoms with Crippen LogP contribution in [0.1, 0.15) is 26.7 Å². The van der Waals surface area contributed by atoms with E-state index in [9.17, 15) is 13.5 Å². The van der Waals surface area contributed by atoms with Gasteiger partial charge in [0.25, 0.3) is 0 Å². The predicted molar refractivity (Wildman–Crippen MR) is 79.2 cm³/mol. The monoisotopic (exact) mass is 320 g/mol. The Hall–Kier alpha value is -1.16. The van der Waals surface area contributed by atoms with Gasteiger partial charge in [-0.05, 0) is 13.3 Å². The molecule has 0 aliphatic heterocycles. The highest BCUT2D eigenvalue weighted by Crippen LogP contribution is 2.17. The number of sulfonamides is 1. The summed E-state index contributed by atoms with van der Waals surface area (Å²) >= 11 is 0. The summed E-state index contributed by atoms with van der Waals surface area (Å²) in [5.41, 5.74) is 4.45. The quantitative estimate of drug-likeness (QED) is 0.586. The molecule has 1 atom stereocenters. The number of nitrogen functional groups attached to an aromatic ring is 1. The Labute approximate surface area is 125 Å². The van der Waals surface area contributed by atoms with E-state index in [0.717, 1.165) is 6.42 Å². The molecule has 1 aromatic heterocycles. The summed E-state index contributed by atoms with van der Waals surface area (Å²) in [6.45, 7) is 4.29. The smallest absolute Gasteiger partial charge is 0.245 e. The van der Waals surface area contributed by atoms with Crippen LogP contribution in [-0.4, -0.2) is 49.2 Å². The summed E-state index contributed by atoms with van der Waals surface area (Å²) in [6.07, 6.45) is 2.53. The fourth-order valence-corrected chi connectivity index (χ4v) is 2.94. The summed E-state index contributed by atoms with van der Waals surface area (Å²) in [6, 6.07) is 0. The second kappa shape index (κ2) is 7.21. The number of hydrogen-bond acceptors (Lipinski definition) is 6. The molecule has 0 spiro atoms. The lowest BCUT2D eigenvalue weighted by atomic mass is 10.0. The van der Waals surface area contributed by atoms with Crippen LogP contribution in [0.2, 0.25) is 0 Å². The largest absolute Gasteiger partial charge is 0.389 e. The number of nitrogens with one attached hydrogen (secondary N) is 1. The van der Waals surface area contributed by atoms with Crippen LogP contribution in [0.15, 0.2) is 11.1 Å². The van der Waals surface area contributed by atoms with Gasteiger partial charge in [-0.3, -0.25) is 4.68 Å². The maximum atomic E-state index is 12.2. The van der Waals surface area contributed by atoms with E-state index in [1.54, 1.807) is 6.92 Å². The SMILES string of the molecule is CCCn1cc(S(=O)(=O)NCC(C)(O)CCOC)c(N)n1. The van der Waals surface area contributed by atoms with Gasteiger partial charge in [0.15, 0.2) is 5.82 Å². The molecular formula is C12H24N4O4S. The minimum atomic E-state index is -3.81. The summed E-state index contributed by atoms with van der Waals surface area (Å²) in [5, 5.41) is 14.0. The molecule has 9 heteroatoms. The lowest BCUT2D eigenvalue weighted by molar-refractivity contribution is 0.0292. The van der Waals surface area contributed by atoms with Crippen LogP contribution in [-0.2, 0) is 21.3 Å². The van der Waals surface area contributed by atoms with E-state index in [1.165, 1.54) is 18.0 Å². The van der Waals surface area contributed by atoms with Crippen LogP contribution >= 0.6 is 0 Å². The molecule has 0 fully saturated rings.